The molecule has 1 aliphatic rings. The van der Waals surface area contributed by atoms with Crippen molar-refractivity contribution in [3.63, 3.8) is 0 Å². The van der Waals surface area contributed by atoms with Gasteiger partial charge < -0.3 is 10.0 Å². The largest absolute Gasteiger partial charge is 0.396 e. The van der Waals surface area contributed by atoms with Gasteiger partial charge in [-0.05, 0) is 18.9 Å². The van der Waals surface area contributed by atoms with Gasteiger partial charge in [0.15, 0.2) is 0 Å². The summed E-state index contributed by atoms with van der Waals surface area (Å²) in [7, 11) is 0. The van der Waals surface area contributed by atoms with Crippen molar-refractivity contribution in [2.24, 2.45) is 0 Å². The Morgan fingerprint density at radius 2 is 2.08 bits per heavy atom. The SMILES string of the molecule is CCCc1cncnc1N1CCN(Cc2ccccc2F)[C@H](CCO)C1. The van der Waals surface area contributed by atoms with Gasteiger partial charge in [0.1, 0.15) is 18.0 Å². The molecule has 0 aliphatic carbocycles. The van der Waals surface area contributed by atoms with E-state index in [1.807, 2.05) is 18.3 Å². The summed E-state index contributed by atoms with van der Waals surface area (Å²) in [6, 6.07) is 7.09. The van der Waals surface area contributed by atoms with Gasteiger partial charge in [0, 0.05) is 56.2 Å². The lowest BCUT2D eigenvalue weighted by atomic mass is 10.1. The molecule has 2 aromatic rings. The highest BCUT2D eigenvalue weighted by atomic mass is 19.1. The third-order valence-corrected chi connectivity index (χ3v) is 4.98. The summed E-state index contributed by atoms with van der Waals surface area (Å²) < 4.78 is 14.0. The van der Waals surface area contributed by atoms with Crippen LogP contribution >= 0.6 is 0 Å². The molecule has 0 spiro atoms. The lowest BCUT2D eigenvalue weighted by Crippen LogP contribution is -2.53. The number of rotatable bonds is 7. The predicted molar refractivity (Wildman–Crippen MR) is 101 cm³/mol. The van der Waals surface area contributed by atoms with Crippen molar-refractivity contribution in [2.45, 2.75) is 38.8 Å². The summed E-state index contributed by atoms with van der Waals surface area (Å²) in [5.74, 6) is 0.828. The van der Waals surface area contributed by atoms with Gasteiger partial charge >= 0.3 is 0 Å². The van der Waals surface area contributed by atoms with E-state index < -0.39 is 0 Å². The van der Waals surface area contributed by atoms with Crippen molar-refractivity contribution >= 4 is 5.82 Å². The van der Waals surface area contributed by atoms with Crippen LogP contribution < -0.4 is 4.90 Å². The van der Waals surface area contributed by atoms with Crippen molar-refractivity contribution < 1.29 is 9.50 Å². The summed E-state index contributed by atoms with van der Waals surface area (Å²) in [6.45, 7) is 5.27. The zero-order valence-electron chi connectivity index (χ0n) is 15.3. The van der Waals surface area contributed by atoms with E-state index in [9.17, 15) is 9.50 Å². The smallest absolute Gasteiger partial charge is 0.135 e. The van der Waals surface area contributed by atoms with Gasteiger partial charge in [-0.1, -0.05) is 31.5 Å². The number of aliphatic hydroxyl groups excluding tert-OH is 1. The van der Waals surface area contributed by atoms with Gasteiger partial charge in [-0.15, -0.1) is 0 Å². The normalized spacial score (nSPS) is 18.3. The molecule has 5 nitrogen and oxygen atoms in total. The van der Waals surface area contributed by atoms with Gasteiger partial charge in [-0.3, -0.25) is 4.90 Å². The summed E-state index contributed by atoms with van der Waals surface area (Å²) in [6.07, 6.45) is 6.17. The van der Waals surface area contributed by atoms with Gasteiger partial charge in [-0.25, -0.2) is 14.4 Å². The first-order chi connectivity index (χ1) is 12.7. The van der Waals surface area contributed by atoms with Gasteiger partial charge in [0.25, 0.3) is 0 Å². The summed E-state index contributed by atoms with van der Waals surface area (Å²) in [4.78, 5) is 13.2. The van der Waals surface area contributed by atoms with Crippen LogP contribution in [-0.2, 0) is 13.0 Å². The highest BCUT2D eigenvalue weighted by Crippen LogP contribution is 2.24. The first-order valence-electron chi connectivity index (χ1n) is 9.35. The van der Waals surface area contributed by atoms with Crippen LogP contribution in [0.3, 0.4) is 0 Å². The number of halogens is 1. The molecule has 1 aromatic carbocycles. The van der Waals surface area contributed by atoms with Crippen molar-refractivity contribution in [2.75, 3.05) is 31.1 Å². The van der Waals surface area contributed by atoms with Crippen molar-refractivity contribution in [3.8, 4) is 0 Å². The quantitative estimate of drug-likeness (QED) is 0.825. The standard InChI is InChI=1S/C20H27FN4O/c1-2-5-16-12-22-15-23-20(16)25-10-9-24(18(14-25)8-11-26)13-17-6-3-4-7-19(17)21/h3-4,6-7,12,15,18,26H,2,5,8-11,13-14H2,1H3/t18-/m1/s1. The minimum atomic E-state index is -0.168. The molecule has 0 unspecified atom stereocenters. The predicted octanol–water partition coefficient (Wildman–Crippen LogP) is 2.64. The van der Waals surface area contributed by atoms with Crippen LogP contribution in [0.5, 0.6) is 0 Å². The molecule has 1 atom stereocenters. The third-order valence-electron chi connectivity index (χ3n) is 4.98. The van der Waals surface area contributed by atoms with Gasteiger partial charge in [0.2, 0.25) is 0 Å². The Labute approximate surface area is 154 Å². The highest BCUT2D eigenvalue weighted by molar-refractivity contribution is 5.46. The summed E-state index contributed by atoms with van der Waals surface area (Å²) in [5, 5.41) is 9.51. The lowest BCUT2D eigenvalue weighted by molar-refractivity contribution is 0.134. The van der Waals surface area contributed by atoms with Crippen LogP contribution in [0.15, 0.2) is 36.8 Å². The van der Waals surface area contributed by atoms with E-state index in [2.05, 4.69) is 26.7 Å². The number of aliphatic hydroxyl groups is 1. The first-order valence-corrected chi connectivity index (χ1v) is 9.35. The number of aromatic nitrogens is 2. The van der Waals surface area contributed by atoms with Crippen LogP contribution in [0.1, 0.15) is 30.9 Å². The lowest BCUT2D eigenvalue weighted by Gasteiger charge is -2.42. The van der Waals surface area contributed by atoms with Crippen molar-refractivity contribution in [1.82, 2.24) is 14.9 Å². The zero-order chi connectivity index (χ0) is 18.4. The Morgan fingerprint density at radius 1 is 1.23 bits per heavy atom. The Bertz CT molecular complexity index is 712. The topological polar surface area (TPSA) is 52.5 Å². The maximum Gasteiger partial charge on any atom is 0.135 e. The molecule has 0 amide bonds. The molecule has 3 rings (SSSR count). The number of anilines is 1. The molecule has 140 valence electrons. The number of nitrogens with zero attached hydrogens (tertiary/aromatic N) is 4. The molecule has 1 N–H and O–H groups in total. The molecule has 6 heteroatoms. The van der Waals surface area contributed by atoms with Gasteiger partial charge in [0.05, 0.1) is 0 Å². The monoisotopic (exact) mass is 358 g/mol. The number of hydrogen-bond donors (Lipinski definition) is 1. The second-order valence-corrected chi connectivity index (χ2v) is 6.80. The Kier molecular flexibility index (Phi) is 6.52. The van der Waals surface area contributed by atoms with Crippen LogP contribution in [0, 0.1) is 5.82 Å². The molecule has 1 aliphatic heterocycles. The third kappa shape index (κ3) is 4.37. The van der Waals surface area contributed by atoms with Crippen molar-refractivity contribution in [1.29, 1.82) is 0 Å². The van der Waals surface area contributed by atoms with Crippen molar-refractivity contribution in [3.05, 3.63) is 53.7 Å². The highest BCUT2D eigenvalue weighted by Gasteiger charge is 2.28. The zero-order valence-corrected chi connectivity index (χ0v) is 15.3. The number of hydrogen-bond acceptors (Lipinski definition) is 5. The van der Waals surface area contributed by atoms with E-state index in [0.29, 0.717) is 18.5 Å². The molecule has 1 saturated heterocycles. The number of aryl methyl sites for hydroxylation is 1. The van der Waals surface area contributed by atoms with E-state index in [4.69, 9.17) is 0 Å². The van der Waals surface area contributed by atoms with E-state index in [-0.39, 0.29) is 18.5 Å². The molecule has 2 heterocycles. The Hall–Kier alpha value is -2.05. The minimum absolute atomic E-state index is 0.123. The molecule has 26 heavy (non-hydrogen) atoms. The van der Waals surface area contributed by atoms with E-state index in [1.165, 1.54) is 11.6 Å². The van der Waals surface area contributed by atoms with E-state index in [0.717, 1.165) is 38.3 Å². The molecule has 0 radical (unpaired) electrons. The Balaban J connectivity index is 1.75. The fraction of sp³-hybridized carbons (Fsp3) is 0.500. The van der Waals surface area contributed by atoms with Crippen LogP contribution in [0.25, 0.3) is 0 Å². The molecule has 0 bridgehead atoms. The Morgan fingerprint density at radius 3 is 2.85 bits per heavy atom. The van der Waals surface area contributed by atoms with Crippen LogP contribution in [0.2, 0.25) is 0 Å². The second-order valence-electron chi connectivity index (χ2n) is 6.80. The first kappa shape index (κ1) is 18.7. The fourth-order valence-corrected chi connectivity index (χ4v) is 3.64. The average molecular weight is 358 g/mol. The number of benzene rings is 1. The summed E-state index contributed by atoms with van der Waals surface area (Å²) in [5.41, 5.74) is 1.87. The maximum absolute atomic E-state index is 14.0. The van der Waals surface area contributed by atoms with Crippen LogP contribution in [0.4, 0.5) is 10.2 Å². The molecule has 1 aromatic heterocycles. The fourth-order valence-electron chi connectivity index (χ4n) is 3.64. The van der Waals surface area contributed by atoms with E-state index in [1.54, 1.807) is 12.4 Å². The van der Waals surface area contributed by atoms with Crippen LogP contribution in [-0.4, -0.2) is 52.3 Å². The molecular formula is C20H27FN4O. The minimum Gasteiger partial charge on any atom is -0.396 e. The van der Waals surface area contributed by atoms with Gasteiger partial charge in [-0.2, -0.15) is 0 Å². The molecule has 0 saturated carbocycles. The van der Waals surface area contributed by atoms with E-state index >= 15 is 0 Å². The maximum atomic E-state index is 14.0. The molecular weight excluding hydrogens is 331 g/mol. The average Bonchev–Trinajstić information content (AvgIpc) is 2.66. The summed E-state index contributed by atoms with van der Waals surface area (Å²) >= 11 is 0. The number of piperazine rings is 1. The second kappa shape index (κ2) is 9.05. The molecule has 1 fully saturated rings.